The Morgan fingerprint density at radius 3 is 2.24 bits per heavy atom. The summed E-state index contributed by atoms with van der Waals surface area (Å²) in [4.78, 5) is 0. The number of hydrogen-bond donors (Lipinski definition) is 1. The van der Waals surface area contributed by atoms with Crippen LogP contribution in [0.2, 0.25) is 0 Å². The van der Waals surface area contributed by atoms with Crippen molar-refractivity contribution in [2.75, 3.05) is 46.5 Å². The fraction of sp³-hybridized carbons (Fsp3) is 1.00. The number of aliphatic hydroxyl groups excluding tert-OH is 1. The van der Waals surface area contributed by atoms with E-state index in [1.807, 2.05) is 0 Å². The molecule has 3 rings (SSSR count). The fourth-order valence-corrected chi connectivity index (χ4v) is 5.37. The largest absolute Gasteiger partial charge is 0.392 e. The zero-order valence-corrected chi connectivity index (χ0v) is 13.2. The molecular formula is C13H24N2O5S. The van der Waals surface area contributed by atoms with Gasteiger partial charge in [0.2, 0.25) is 0 Å². The molecule has 0 aromatic carbocycles. The van der Waals surface area contributed by atoms with Crippen LogP contribution in [0.15, 0.2) is 0 Å². The maximum absolute atomic E-state index is 12.6. The summed E-state index contributed by atoms with van der Waals surface area (Å²) < 4.78 is 38.9. The first kappa shape index (κ1) is 15.6. The van der Waals surface area contributed by atoms with Gasteiger partial charge < -0.3 is 14.6 Å². The van der Waals surface area contributed by atoms with Crippen molar-refractivity contribution < 1.29 is 23.0 Å². The number of morpholine rings is 1. The van der Waals surface area contributed by atoms with Crippen molar-refractivity contribution in [2.24, 2.45) is 5.41 Å². The normalized spacial score (nSPS) is 34.8. The van der Waals surface area contributed by atoms with Crippen LogP contribution in [0.1, 0.15) is 19.3 Å². The van der Waals surface area contributed by atoms with Crippen molar-refractivity contribution in [3.63, 3.8) is 0 Å². The lowest BCUT2D eigenvalue weighted by molar-refractivity contribution is -0.197. The highest BCUT2D eigenvalue weighted by atomic mass is 32.2. The van der Waals surface area contributed by atoms with E-state index in [1.54, 1.807) is 11.4 Å². The molecule has 1 saturated carbocycles. The van der Waals surface area contributed by atoms with Gasteiger partial charge in [-0.1, -0.05) is 0 Å². The van der Waals surface area contributed by atoms with Crippen LogP contribution in [-0.2, 0) is 19.7 Å². The topological polar surface area (TPSA) is 79.3 Å². The van der Waals surface area contributed by atoms with E-state index in [2.05, 4.69) is 0 Å². The van der Waals surface area contributed by atoms with Gasteiger partial charge in [-0.3, -0.25) is 0 Å². The van der Waals surface area contributed by atoms with Gasteiger partial charge in [-0.25, -0.2) is 0 Å². The Bertz CT molecular complexity index is 469. The Labute approximate surface area is 126 Å². The van der Waals surface area contributed by atoms with E-state index in [0.717, 1.165) is 0 Å². The molecule has 0 aromatic rings. The molecule has 0 aromatic heterocycles. The van der Waals surface area contributed by atoms with Gasteiger partial charge in [0.25, 0.3) is 10.2 Å². The molecule has 1 spiro atoms. The molecule has 2 heterocycles. The van der Waals surface area contributed by atoms with Crippen LogP contribution < -0.4 is 0 Å². The third kappa shape index (κ3) is 2.51. The van der Waals surface area contributed by atoms with E-state index in [-0.39, 0.29) is 17.6 Å². The number of aliphatic hydroxyl groups is 1. The average molecular weight is 320 g/mol. The minimum absolute atomic E-state index is 0.0562. The molecule has 3 aliphatic rings. The zero-order valence-electron chi connectivity index (χ0n) is 12.4. The second-order valence-electron chi connectivity index (χ2n) is 6.13. The monoisotopic (exact) mass is 320 g/mol. The van der Waals surface area contributed by atoms with E-state index < -0.39 is 10.2 Å². The minimum Gasteiger partial charge on any atom is -0.392 e. The van der Waals surface area contributed by atoms with Gasteiger partial charge in [0.1, 0.15) is 0 Å². The molecule has 1 aliphatic carbocycles. The summed E-state index contributed by atoms with van der Waals surface area (Å²) >= 11 is 0. The van der Waals surface area contributed by atoms with Crippen LogP contribution in [0, 0.1) is 5.41 Å². The molecule has 2 aliphatic heterocycles. The van der Waals surface area contributed by atoms with Gasteiger partial charge in [-0.05, 0) is 12.8 Å². The minimum atomic E-state index is -3.40. The maximum Gasteiger partial charge on any atom is 0.282 e. The van der Waals surface area contributed by atoms with E-state index in [9.17, 15) is 13.5 Å². The number of ether oxygens (including phenoxy) is 2. The number of piperidine rings is 1. The lowest BCUT2D eigenvalue weighted by Gasteiger charge is -2.56. The first-order valence-electron chi connectivity index (χ1n) is 7.54. The first-order valence-corrected chi connectivity index (χ1v) is 8.94. The second-order valence-corrected chi connectivity index (χ2v) is 8.06. The highest BCUT2D eigenvalue weighted by Crippen LogP contribution is 2.51. The number of rotatable bonds is 3. The SMILES string of the molecule is CO[C@@H]1C[C@H](O)C12CCN(S(=O)(=O)N1CCOCC1)CC2. The molecule has 2 atom stereocenters. The predicted octanol–water partition coefficient (Wildman–Crippen LogP) is -0.575. The van der Waals surface area contributed by atoms with Crippen molar-refractivity contribution in [1.82, 2.24) is 8.61 Å². The number of methoxy groups -OCH3 is 1. The van der Waals surface area contributed by atoms with Crippen LogP contribution in [0.3, 0.4) is 0 Å². The molecule has 122 valence electrons. The van der Waals surface area contributed by atoms with Gasteiger partial charge in [0, 0.05) is 45.1 Å². The van der Waals surface area contributed by atoms with E-state index in [0.29, 0.717) is 58.7 Å². The highest BCUT2D eigenvalue weighted by molar-refractivity contribution is 7.86. The standard InChI is InChI=1S/C13H24N2O5S/c1-19-12-10-11(16)13(12)2-4-14(5-3-13)21(17,18)15-6-8-20-9-7-15/h11-12,16H,2-10H2,1H3/t11-,12+/m0/s1. The second kappa shape index (κ2) is 5.75. The summed E-state index contributed by atoms with van der Waals surface area (Å²) in [5.74, 6) is 0. The fourth-order valence-electron chi connectivity index (χ4n) is 3.79. The summed E-state index contributed by atoms with van der Waals surface area (Å²) in [5.41, 5.74) is -0.244. The van der Waals surface area contributed by atoms with Crippen LogP contribution in [0.5, 0.6) is 0 Å². The van der Waals surface area contributed by atoms with Crippen LogP contribution in [0.25, 0.3) is 0 Å². The average Bonchev–Trinajstić information content (AvgIpc) is 2.53. The number of nitrogens with zero attached hydrogens (tertiary/aromatic N) is 2. The molecular weight excluding hydrogens is 296 g/mol. The van der Waals surface area contributed by atoms with Crippen molar-refractivity contribution in [1.29, 1.82) is 0 Å². The van der Waals surface area contributed by atoms with E-state index >= 15 is 0 Å². The molecule has 3 fully saturated rings. The predicted molar refractivity (Wildman–Crippen MR) is 76.0 cm³/mol. The lowest BCUT2D eigenvalue weighted by Crippen LogP contribution is -2.63. The summed E-state index contributed by atoms with van der Waals surface area (Å²) in [5, 5.41) is 10.1. The van der Waals surface area contributed by atoms with Gasteiger partial charge >= 0.3 is 0 Å². The van der Waals surface area contributed by atoms with E-state index in [1.165, 1.54) is 4.31 Å². The molecule has 0 radical (unpaired) electrons. The van der Waals surface area contributed by atoms with Crippen molar-refractivity contribution >= 4 is 10.2 Å². The quantitative estimate of drug-likeness (QED) is 0.753. The molecule has 8 heteroatoms. The van der Waals surface area contributed by atoms with Crippen LogP contribution in [0.4, 0.5) is 0 Å². The number of hydrogen-bond acceptors (Lipinski definition) is 5. The molecule has 0 unspecified atom stereocenters. The third-order valence-electron chi connectivity index (χ3n) is 5.30. The molecule has 0 bridgehead atoms. The Morgan fingerprint density at radius 2 is 1.71 bits per heavy atom. The highest BCUT2D eigenvalue weighted by Gasteiger charge is 2.56. The molecule has 2 saturated heterocycles. The van der Waals surface area contributed by atoms with Crippen molar-refractivity contribution in [3.8, 4) is 0 Å². The molecule has 7 nitrogen and oxygen atoms in total. The Kier molecular flexibility index (Phi) is 4.28. The Hall–Kier alpha value is -0.250. The third-order valence-corrected chi connectivity index (χ3v) is 7.34. The van der Waals surface area contributed by atoms with E-state index in [4.69, 9.17) is 9.47 Å². The maximum atomic E-state index is 12.6. The molecule has 21 heavy (non-hydrogen) atoms. The zero-order chi connectivity index (χ0) is 15.1. The van der Waals surface area contributed by atoms with Crippen molar-refractivity contribution in [2.45, 2.75) is 31.5 Å². The van der Waals surface area contributed by atoms with Gasteiger partial charge in [0.05, 0.1) is 25.4 Å². The van der Waals surface area contributed by atoms with Crippen molar-refractivity contribution in [3.05, 3.63) is 0 Å². The lowest BCUT2D eigenvalue weighted by atomic mass is 9.58. The Balaban J connectivity index is 1.65. The summed E-state index contributed by atoms with van der Waals surface area (Å²) in [6.45, 7) is 2.68. The van der Waals surface area contributed by atoms with Gasteiger partial charge in [0.15, 0.2) is 0 Å². The smallest absolute Gasteiger partial charge is 0.282 e. The summed E-state index contributed by atoms with van der Waals surface area (Å²) in [7, 11) is -1.74. The van der Waals surface area contributed by atoms with Gasteiger partial charge in [-0.15, -0.1) is 0 Å². The summed E-state index contributed by atoms with van der Waals surface area (Å²) in [6, 6.07) is 0. The van der Waals surface area contributed by atoms with Crippen LogP contribution in [-0.4, -0.2) is 80.8 Å². The Morgan fingerprint density at radius 1 is 1.14 bits per heavy atom. The molecule has 0 amide bonds. The van der Waals surface area contributed by atoms with Crippen LogP contribution >= 0.6 is 0 Å². The summed E-state index contributed by atoms with van der Waals surface area (Å²) in [6.07, 6.45) is 1.68. The molecule has 1 N–H and O–H groups in total. The van der Waals surface area contributed by atoms with Gasteiger partial charge in [-0.2, -0.15) is 17.0 Å². The first-order chi connectivity index (χ1) is 10.0.